The Balaban J connectivity index is 1.20. The first-order valence-electron chi connectivity index (χ1n) is 18.4. The Hall–Kier alpha value is -4.62. The molecule has 48 heavy (non-hydrogen) atoms. The Morgan fingerprint density at radius 2 is 1.04 bits per heavy atom. The summed E-state index contributed by atoms with van der Waals surface area (Å²) in [5.41, 5.74) is 11.8. The van der Waals surface area contributed by atoms with Crippen LogP contribution in [0.3, 0.4) is 0 Å². The molecule has 6 aromatic rings. The molecule has 2 fully saturated rings. The lowest BCUT2D eigenvalue weighted by atomic mass is 9.83. The second-order valence-corrected chi connectivity index (χ2v) is 14.2. The second-order valence-electron chi connectivity index (χ2n) is 14.2. The van der Waals surface area contributed by atoms with E-state index in [9.17, 15) is 0 Å². The van der Waals surface area contributed by atoms with Gasteiger partial charge in [-0.15, -0.1) is 0 Å². The monoisotopic (exact) mass is 625 g/mol. The number of benzene rings is 5. The average molecular weight is 626 g/mol. The molecule has 0 unspecified atom stereocenters. The minimum atomic E-state index is 0.147. The molecule has 0 atom stereocenters. The van der Waals surface area contributed by atoms with Crippen molar-refractivity contribution >= 4 is 27.4 Å². The van der Waals surface area contributed by atoms with Gasteiger partial charge >= 0.3 is 0 Å². The van der Waals surface area contributed by atoms with Gasteiger partial charge in [0.1, 0.15) is 0 Å². The lowest BCUT2D eigenvalue weighted by molar-refractivity contribution is 0.444. The quantitative estimate of drug-likeness (QED) is 0.148. The van der Waals surface area contributed by atoms with Crippen molar-refractivity contribution in [3.63, 3.8) is 0 Å². The Labute approximate surface area is 286 Å². The van der Waals surface area contributed by atoms with Crippen LogP contribution in [0.5, 0.6) is 0 Å². The van der Waals surface area contributed by atoms with Crippen molar-refractivity contribution < 1.29 is 0 Å². The van der Waals surface area contributed by atoms with Gasteiger partial charge in [0.25, 0.3) is 0 Å². The maximum Gasteiger partial charge on any atom is 0.0541 e. The van der Waals surface area contributed by atoms with Gasteiger partial charge < -0.3 is 4.57 Å². The minimum Gasteiger partial charge on any atom is -0.309 e. The molecule has 0 bridgehead atoms. The highest BCUT2D eigenvalue weighted by molar-refractivity contribution is 6.09. The molecule has 1 aromatic heterocycles. The number of rotatable bonds is 8. The fraction of sp³-hybridized carbons (Fsp3) is 0.277. The van der Waals surface area contributed by atoms with Crippen LogP contribution in [0.4, 0.5) is 0 Å². The summed E-state index contributed by atoms with van der Waals surface area (Å²) in [6.45, 7) is 4.25. The summed E-state index contributed by atoms with van der Waals surface area (Å²) in [5.74, 6) is 1.54. The van der Waals surface area contributed by atoms with E-state index in [1.165, 1.54) is 120 Å². The van der Waals surface area contributed by atoms with Gasteiger partial charge in [-0.3, -0.25) is 0 Å². The van der Waals surface area contributed by atoms with E-state index in [2.05, 4.69) is 139 Å². The molecule has 1 heterocycles. The van der Waals surface area contributed by atoms with Crippen molar-refractivity contribution in [2.24, 2.45) is 0 Å². The lowest BCUT2D eigenvalue weighted by Gasteiger charge is -2.22. The Morgan fingerprint density at radius 1 is 0.562 bits per heavy atom. The third kappa shape index (κ3) is 6.08. The highest BCUT2D eigenvalue weighted by Crippen LogP contribution is 2.41. The van der Waals surface area contributed by atoms with Crippen molar-refractivity contribution in [1.29, 1.82) is 0 Å². The number of aromatic nitrogens is 1. The van der Waals surface area contributed by atoms with Crippen LogP contribution in [0.25, 0.3) is 33.1 Å². The van der Waals surface area contributed by atoms with Crippen LogP contribution in [0, 0.1) is 0 Å². The summed E-state index contributed by atoms with van der Waals surface area (Å²) in [6.07, 6.45) is 17.9. The topological polar surface area (TPSA) is 4.93 Å². The van der Waals surface area contributed by atoms with Crippen LogP contribution >= 0.6 is 0 Å². The van der Waals surface area contributed by atoms with Gasteiger partial charge in [-0.1, -0.05) is 142 Å². The zero-order valence-electron chi connectivity index (χ0n) is 28.2. The van der Waals surface area contributed by atoms with Crippen LogP contribution in [-0.2, 0) is 0 Å². The smallest absolute Gasteiger partial charge is 0.0541 e. The maximum absolute atomic E-state index is 4.25. The largest absolute Gasteiger partial charge is 0.309 e. The predicted octanol–water partition coefficient (Wildman–Crippen LogP) is 13.3. The molecular formula is C47H47N. The summed E-state index contributed by atoms with van der Waals surface area (Å²) in [4.78, 5) is 0. The molecule has 0 amide bonds. The van der Waals surface area contributed by atoms with Crippen molar-refractivity contribution in [2.75, 3.05) is 0 Å². The third-order valence-corrected chi connectivity index (χ3v) is 11.3. The normalized spacial score (nSPS) is 16.6. The predicted molar refractivity (Wildman–Crippen MR) is 205 cm³/mol. The van der Waals surface area contributed by atoms with Crippen molar-refractivity contribution in [3.8, 4) is 5.69 Å². The van der Waals surface area contributed by atoms with Gasteiger partial charge in [-0.25, -0.2) is 0 Å². The summed E-state index contributed by atoms with van der Waals surface area (Å²) >= 11 is 0. The van der Waals surface area contributed by atoms with E-state index in [1.54, 1.807) is 0 Å². The first-order valence-corrected chi connectivity index (χ1v) is 18.4. The SMILES string of the molecule is C=C/C(=C\C(c1ccccc1)c1ccccc1)c1ccc(-n2c3ccc(C4CCCCC4)cc3c3cc(C4CCCCC4)ccc32)cc1. The van der Waals surface area contributed by atoms with Crippen LogP contribution in [-0.4, -0.2) is 4.57 Å². The molecule has 0 N–H and O–H groups in total. The second kappa shape index (κ2) is 13.9. The van der Waals surface area contributed by atoms with Gasteiger partial charge in [0.15, 0.2) is 0 Å². The fourth-order valence-corrected chi connectivity index (χ4v) is 8.69. The van der Waals surface area contributed by atoms with Crippen LogP contribution in [0.1, 0.15) is 110 Å². The van der Waals surface area contributed by atoms with E-state index >= 15 is 0 Å². The number of allylic oxidation sites excluding steroid dienone is 3. The highest BCUT2D eigenvalue weighted by Gasteiger charge is 2.21. The van der Waals surface area contributed by atoms with Crippen LogP contribution in [0.15, 0.2) is 140 Å². The van der Waals surface area contributed by atoms with Crippen molar-refractivity contribution in [1.82, 2.24) is 4.57 Å². The van der Waals surface area contributed by atoms with Gasteiger partial charge in [0.2, 0.25) is 0 Å². The van der Waals surface area contributed by atoms with E-state index in [1.807, 2.05) is 6.08 Å². The molecular weight excluding hydrogens is 579 g/mol. The molecule has 1 nitrogen and oxygen atoms in total. The summed E-state index contributed by atoms with van der Waals surface area (Å²) < 4.78 is 2.50. The lowest BCUT2D eigenvalue weighted by Crippen LogP contribution is -2.04. The van der Waals surface area contributed by atoms with E-state index in [-0.39, 0.29) is 5.92 Å². The van der Waals surface area contributed by atoms with Gasteiger partial charge in [0.05, 0.1) is 11.0 Å². The average Bonchev–Trinajstić information content (AvgIpc) is 3.50. The van der Waals surface area contributed by atoms with Crippen molar-refractivity contribution in [2.45, 2.75) is 82.0 Å². The first kappa shape index (κ1) is 30.7. The molecule has 0 aliphatic heterocycles. The molecule has 1 heteroatoms. The fourth-order valence-electron chi connectivity index (χ4n) is 8.69. The Bertz CT molecular complexity index is 1920. The maximum atomic E-state index is 4.25. The van der Waals surface area contributed by atoms with Crippen LogP contribution in [0.2, 0.25) is 0 Å². The minimum absolute atomic E-state index is 0.147. The van der Waals surface area contributed by atoms with E-state index in [4.69, 9.17) is 0 Å². The van der Waals surface area contributed by atoms with Gasteiger partial charge in [-0.2, -0.15) is 0 Å². The van der Waals surface area contributed by atoms with Crippen molar-refractivity contribution in [3.05, 3.63) is 168 Å². The standard InChI is InChI=1S/C47H47N/c1-2-34(31-43(38-19-11-5-12-20-38)39-21-13-6-14-22-39)37-23-27-42(28-24-37)48-46-29-25-40(35-15-7-3-8-16-35)32-44(46)45-33-41(26-30-47(45)48)36-17-9-4-10-18-36/h2,5-6,11-14,19-33,35-36,43H,1,3-4,7-10,15-18H2/b34-31+. The molecule has 8 rings (SSSR count). The Kier molecular flexibility index (Phi) is 8.86. The molecule has 2 saturated carbocycles. The summed E-state index contributed by atoms with van der Waals surface area (Å²) in [6, 6.07) is 45.5. The van der Waals surface area contributed by atoms with E-state index < -0.39 is 0 Å². The molecule has 0 saturated heterocycles. The first-order chi connectivity index (χ1) is 23.8. The molecule has 2 aliphatic carbocycles. The van der Waals surface area contributed by atoms with Gasteiger partial charge in [-0.05, 0) is 107 Å². The summed E-state index contributed by atoms with van der Waals surface area (Å²) in [5, 5.41) is 2.82. The summed E-state index contributed by atoms with van der Waals surface area (Å²) in [7, 11) is 0. The molecule has 0 radical (unpaired) electrons. The highest BCUT2D eigenvalue weighted by atomic mass is 15.0. The Morgan fingerprint density at radius 3 is 1.50 bits per heavy atom. The third-order valence-electron chi connectivity index (χ3n) is 11.3. The molecule has 0 spiro atoms. The molecule has 240 valence electrons. The molecule has 2 aliphatic rings. The molecule has 5 aromatic carbocycles. The number of fused-ring (bicyclic) bond motifs is 3. The number of nitrogens with zero attached hydrogens (tertiary/aromatic N) is 1. The van der Waals surface area contributed by atoms with E-state index in [0.29, 0.717) is 11.8 Å². The zero-order valence-corrected chi connectivity index (χ0v) is 28.2. The number of hydrogen-bond donors (Lipinski definition) is 0. The zero-order chi connectivity index (χ0) is 32.3. The van der Waals surface area contributed by atoms with E-state index in [0.717, 1.165) is 5.57 Å². The number of hydrogen-bond acceptors (Lipinski definition) is 0. The van der Waals surface area contributed by atoms with Gasteiger partial charge in [0, 0.05) is 22.4 Å². The van der Waals surface area contributed by atoms with Crippen LogP contribution < -0.4 is 0 Å².